The lowest BCUT2D eigenvalue weighted by atomic mass is 10.3. The first-order valence-corrected chi connectivity index (χ1v) is 4.77. The van der Waals surface area contributed by atoms with Gasteiger partial charge in [-0.25, -0.2) is 8.78 Å². The summed E-state index contributed by atoms with van der Waals surface area (Å²) in [6.07, 6.45) is -2.54. The van der Waals surface area contributed by atoms with Crippen molar-refractivity contribution in [3.63, 3.8) is 0 Å². The molecule has 0 radical (unpaired) electrons. The molecule has 14 heavy (non-hydrogen) atoms. The van der Waals surface area contributed by atoms with Gasteiger partial charge in [0.25, 0.3) is 6.43 Å². The van der Waals surface area contributed by atoms with Crippen LogP contribution in [0.1, 0.15) is 0 Å². The van der Waals surface area contributed by atoms with Crippen molar-refractivity contribution < 1.29 is 22.3 Å². The van der Waals surface area contributed by atoms with E-state index in [4.69, 9.17) is 0 Å². The quantitative estimate of drug-likeness (QED) is 0.725. The van der Waals surface area contributed by atoms with Crippen molar-refractivity contribution in [2.75, 3.05) is 6.61 Å². The van der Waals surface area contributed by atoms with E-state index in [0.29, 0.717) is 0 Å². The lowest BCUT2D eigenvalue weighted by molar-refractivity contribution is 0.0819. The number of ether oxygens (including phenoxy) is 1. The van der Waals surface area contributed by atoms with Crippen LogP contribution in [0.3, 0.4) is 0 Å². The van der Waals surface area contributed by atoms with Gasteiger partial charge in [-0.2, -0.15) is 0 Å². The normalized spacial score (nSPS) is 12.9. The van der Waals surface area contributed by atoms with Gasteiger partial charge in [0, 0.05) is 4.90 Å². The highest BCUT2D eigenvalue weighted by Gasteiger charge is 2.03. The molecule has 0 aliphatic carbocycles. The molecule has 1 aromatic carbocycles. The predicted molar refractivity (Wildman–Crippen MR) is 45.1 cm³/mol. The summed E-state index contributed by atoms with van der Waals surface area (Å²) in [6.45, 7) is -0.695. The number of benzene rings is 1. The molecule has 1 unspecified atom stereocenters. The molecule has 0 amide bonds. The maximum atomic E-state index is 11.7. The first-order chi connectivity index (χ1) is 6.59. The molecule has 0 aliphatic heterocycles. The molecular formula is C8H7F2O3S-. The van der Waals surface area contributed by atoms with E-state index in [1.54, 1.807) is 0 Å². The van der Waals surface area contributed by atoms with Crippen LogP contribution in [0.15, 0.2) is 29.2 Å². The summed E-state index contributed by atoms with van der Waals surface area (Å²) in [5.41, 5.74) is 0. The van der Waals surface area contributed by atoms with E-state index < -0.39 is 24.1 Å². The first kappa shape index (κ1) is 11.1. The van der Waals surface area contributed by atoms with E-state index in [0.717, 1.165) is 0 Å². The second-order valence-electron chi connectivity index (χ2n) is 2.41. The number of alkyl halides is 2. The molecule has 0 saturated carbocycles. The molecular weight excluding hydrogens is 214 g/mol. The van der Waals surface area contributed by atoms with Crippen molar-refractivity contribution in [2.45, 2.75) is 11.3 Å². The van der Waals surface area contributed by atoms with Gasteiger partial charge in [-0.05, 0) is 35.3 Å². The van der Waals surface area contributed by atoms with E-state index in [1.807, 2.05) is 0 Å². The summed E-state index contributed by atoms with van der Waals surface area (Å²) in [7, 11) is 0. The van der Waals surface area contributed by atoms with E-state index >= 15 is 0 Å². The van der Waals surface area contributed by atoms with Gasteiger partial charge in [-0.3, -0.25) is 4.21 Å². The smallest absolute Gasteiger partial charge is 0.272 e. The highest BCUT2D eigenvalue weighted by molar-refractivity contribution is 7.79. The van der Waals surface area contributed by atoms with E-state index in [-0.39, 0.29) is 10.6 Å². The summed E-state index contributed by atoms with van der Waals surface area (Å²) < 4.78 is 48.9. The van der Waals surface area contributed by atoms with Crippen LogP contribution in [-0.4, -0.2) is 21.8 Å². The molecule has 0 heterocycles. The van der Waals surface area contributed by atoms with Gasteiger partial charge in [0.2, 0.25) is 0 Å². The Labute approximate surface area is 82.0 Å². The average molecular weight is 221 g/mol. The van der Waals surface area contributed by atoms with Crippen LogP contribution in [0.4, 0.5) is 8.78 Å². The zero-order chi connectivity index (χ0) is 10.6. The maximum Gasteiger partial charge on any atom is 0.272 e. The fraction of sp³-hybridized carbons (Fsp3) is 0.250. The Bertz CT molecular complexity index is 313. The Hall–Kier alpha value is -1.01. The van der Waals surface area contributed by atoms with Gasteiger partial charge >= 0.3 is 0 Å². The zero-order valence-electron chi connectivity index (χ0n) is 6.98. The Morgan fingerprint density at radius 2 is 1.93 bits per heavy atom. The van der Waals surface area contributed by atoms with Crippen LogP contribution in [-0.2, 0) is 11.1 Å². The second kappa shape index (κ2) is 5.02. The minimum Gasteiger partial charge on any atom is -0.768 e. The molecule has 1 atom stereocenters. The molecule has 0 aromatic heterocycles. The number of hydrogen-bond acceptors (Lipinski definition) is 3. The van der Waals surface area contributed by atoms with Gasteiger partial charge in [0.1, 0.15) is 12.4 Å². The van der Waals surface area contributed by atoms with E-state index in [2.05, 4.69) is 4.74 Å². The van der Waals surface area contributed by atoms with Crippen molar-refractivity contribution in [3.05, 3.63) is 24.3 Å². The standard InChI is InChI=1S/C8H8F2O3S/c9-8(10)5-13-6-1-3-7(4-2-6)14(11)12/h1-4,8H,5H2,(H,11,12)/p-1. The Morgan fingerprint density at radius 1 is 1.36 bits per heavy atom. The van der Waals surface area contributed by atoms with Crippen LogP contribution in [0, 0.1) is 0 Å². The Morgan fingerprint density at radius 3 is 2.36 bits per heavy atom. The molecule has 0 fully saturated rings. The van der Waals surface area contributed by atoms with Crippen molar-refractivity contribution in [1.82, 2.24) is 0 Å². The average Bonchev–Trinajstić information content (AvgIpc) is 2.15. The summed E-state index contributed by atoms with van der Waals surface area (Å²) in [5, 5.41) is 0. The maximum absolute atomic E-state index is 11.7. The number of halogens is 2. The molecule has 0 aliphatic rings. The second-order valence-corrected chi connectivity index (χ2v) is 3.35. The predicted octanol–water partition coefficient (Wildman–Crippen LogP) is 1.57. The number of rotatable bonds is 4. The van der Waals surface area contributed by atoms with Crippen molar-refractivity contribution >= 4 is 11.1 Å². The van der Waals surface area contributed by atoms with Crippen LogP contribution in [0.5, 0.6) is 5.75 Å². The van der Waals surface area contributed by atoms with Gasteiger partial charge in [-0.15, -0.1) is 0 Å². The van der Waals surface area contributed by atoms with Crippen molar-refractivity contribution in [2.24, 2.45) is 0 Å². The monoisotopic (exact) mass is 221 g/mol. The van der Waals surface area contributed by atoms with Crippen LogP contribution >= 0.6 is 0 Å². The molecule has 78 valence electrons. The highest BCUT2D eigenvalue weighted by Crippen LogP contribution is 2.14. The molecule has 3 nitrogen and oxygen atoms in total. The SMILES string of the molecule is O=S([O-])c1ccc(OCC(F)F)cc1. The van der Waals surface area contributed by atoms with E-state index in [9.17, 15) is 17.5 Å². The van der Waals surface area contributed by atoms with Crippen LogP contribution < -0.4 is 4.74 Å². The lowest BCUT2D eigenvalue weighted by Crippen LogP contribution is -2.06. The molecule has 0 spiro atoms. The molecule has 0 N–H and O–H groups in total. The lowest BCUT2D eigenvalue weighted by Gasteiger charge is -2.07. The van der Waals surface area contributed by atoms with Gasteiger partial charge < -0.3 is 9.29 Å². The fourth-order valence-corrected chi connectivity index (χ4v) is 1.16. The third kappa shape index (κ3) is 3.39. The summed E-state index contributed by atoms with van der Waals surface area (Å²) in [5.74, 6) is 0.222. The first-order valence-electron chi connectivity index (χ1n) is 3.70. The van der Waals surface area contributed by atoms with Gasteiger partial charge in [0.05, 0.1) is 0 Å². The molecule has 0 saturated heterocycles. The summed E-state index contributed by atoms with van der Waals surface area (Å²) in [4.78, 5) is 0.0920. The van der Waals surface area contributed by atoms with Crippen LogP contribution in [0.2, 0.25) is 0 Å². The Kier molecular flexibility index (Phi) is 3.97. The van der Waals surface area contributed by atoms with Crippen molar-refractivity contribution in [1.29, 1.82) is 0 Å². The Balaban J connectivity index is 2.60. The van der Waals surface area contributed by atoms with Gasteiger partial charge in [0.15, 0.2) is 0 Å². The third-order valence-corrected chi connectivity index (χ3v) is 2.05. The topological polar surface area (TPSA) is 49.4 Å². The summed E-state index contributed by atoms with van der Waals surface area (Å²) >= 11 is -2.30. The van der Waals surface area contributed by atoms with Gasteiger partial charge in [-0.1, -0.05) is 0 Å². The fourth-order valence-electron chi connectivity index (χ4n) is 0.806. The van der Waals surface area contributed by atoms with Crippen LogP contribution in [0.25, 0.3) is 0 Å². The molecule has 1 aromatic rings. The molecule has 6 heteroatoms. The summed E-state index contributed by atoms with van der Waals surface area (Å²) in [6, 6.07) is 5.22. The van der Waals surface area contributed by atoms with E-state index in [1.165, 1.54) is 24.3 Å². The largest absolute Gasteiger partial charge is 0.768 e. The number of hydrogen-bond donors (Lipinski definition) is 0. The minimum absolute atomic E-state index is 0.0920. The molecule has 0 bridgehead atoms. The molecule has 1 rings (SSSR count). The third-order valence-electron chi connectivity index (χ3n) is 1.39. The minimum atomic E-state index is -2.54. The van der Waals surface area contributed by atoms with Crippen molar-refractivity contribution in [3.8, 4) is 5.75 Å². The highest BCUT2D eigenvalue weighted by atomic mass is 32.2. The zero-order valence-corrected chi connectivity index (χ0v) is 7.80.